The molecule has 0 saturated heterocycles. The van der Waals surface area contributed by atoms with Crippen LogP contribution in [0.4, 0.5) is 18.9 Å². The summed E-state index contributed by atoms with van der Waals surface area (Å²) < 4.78 is 42.2. The fourth-order valence-electron chi connectivity index (χ4n) is 3.45. The molecule has 0 aliphatic rings. The average molecular weight is 494 g/mol. The van der Waals surface area contributed by atoms with E-state index in [0.29, 0.717) is 11.2 Å². The third-order valence-electron chi connectivity index (χ3n) is 5.15. The molecule has 0 fully saturated rings. The number of benzene rings is 3. The normalized spacial score (nSPS) is 12.2. The van der Waals surface area contributed by atoms with Crippen molar-refractivity contribution < 1.29 is 18.0 Å². The third kappa shape index (κ3) is 4.90. The van der Waals surface area contributed by atoms with Crippen LogP contribution in [0.5, 0.6) is 0 Å². The SMILES string of the molecule is C[C@H](Sc1nc2ccccc2c(=O)n1-c1ccccc1C(F)(F)F)C(=O)Nc1ccccc1C#N. The first kappa shape index (κ1) is 24.0. The highest BCUT2D eigenvalue weighted by molar-refractivity contribution is 8.00. The summed E-state index contributed by atoms with van der Waals surface area (Å²) in [5, 5.41) is 11.1. The maximum Gasteiger partial charge on any atom is 0.418 e. The van der Waals surface area contributed by atoms with Crippen molar-refractivity contribution in [3.05, 3.63) is 94.3 Å². The Bertz CT molecular complexity index is 1530. The van der Waals surface area contributed by atoms with Gasteiger partial charge >= 0.3 is 6.18 Å². The quantitative estimate of drug-likeness (QED) is 0.297. The predicted octanol–water partition coefficient (Wildman–Crippen LogP) is 5.40. The summed E-state index contributed by atoms with van der Waals surface area (Å²) >= 11 is 0.844. The summed E-state index contributed by atoms with van der Waals surface area (Å²) in [6.07, 6.45) is -4.71. The molecule has 0 bridgehead atoms. The van der Waals surface area contributed by atoms with E-state index >= 15 is 0 Å². The molecule has 0 saturated carbocycles. The Balaban J connectivity index is 1.80. The molecule has 0 radical (unpaired) electrons. The zero-order valence-corrected chi connectivity index (χ0v) is 19.0. The smallest absolute Gasteiger partial charge is 0.324 e. The Hall–Kier alpha value is -4.10. The molecule has 1 heterocycles. The number of nitriles is 1. The van der Waals surface area contributed by atoms with Crippen molar-refractivity contribution in [2.24, 2.45) is 0 Å². The Morgan fingerprint density at radius 2 is 1.71 bits per heavy atom. The van der Waals surface area contributed by atoms with Gasteiger partial charge in [-0.25, -0.2) is 4.98 Å². The van der Waals surface area contributed by atoms with E-state index in [1.165, 1.54) is 31.2 Å². The molecule has 0 aliphatic carbocycles. The molecule has 3 aromatic carbocycles. The number of thioether (sulfide) groups is 1. The monoisotopic (exact) mass is 494 g/mol. The van der Waals surface area contributed by atoms with Crippen LogP contribution in [-0.2, 0) is 11.0 Å². The van der Waals surface area contributed by atoms with E-state index < -0.39 is 28.5 Å². The van der Waals surface area contributed by atoms with Crippen LogP contribution >= 0.6 is 11.8 Å². The van der Waals surface area contributed by atoms with Crippen LogP contribution in [0, 0.1) is 11.3 Å². The number of alkyl halides is 3. The fourth-order valence-corrected chi connectivity index (χ4v) is 4.37. The lowest BCUT2D eigenvalue weighted by atomic mass is 10.1. The summed E-state index contributed by atoms with van der Waals surface area (Å²) in [6.45, 7) is 1.54. The number of halogens is 3. The van der Waals surface area contributed by atoms with Crippen molar-refractivity contribution >= 4 is 34.3 Å². The summed E-state index contributed by atoms with van der Waals surface area (Å²) in [7, 11) is 0. The highest BCUT2D eigenvalue weighted by atomic mass is 32.2. The Morgan fingerprint density at radius 3 is 2.46 bits per heavy atom. The lowest BCUT2D eigenvalue weighted by Crippen LogP contribution is -2.27. The molecule has 1 N–H and O–H groups in total. The van der Waals surface area contributed by atoms with Crippen molar-refractivity contribution in [3.63, 3.8) is 0 Å². The first-order valence-electron chi connectivity index (χ1n) is 10.4. The van der Waals surface area contributed by atoms with Gasteiger partial charge < -0.3 is 5.32 Å². The third-order valence-corrected chi connectivity index (χ3v) is 6.20. The summed E-state index contributed by atoms with van der Waals surface area (Å²) in [6, 6.07) is 19.4. The largest absolute Gasteiger partial charge is 0.418 e. The first-order valence-corrected chi connectivity index (χ1v) is 11.2. The highest BCUT2D eigenvalue weighted by Gasteiger charge is 2.35. The number of nitrogens with one attached hydrogen (secondary N) is 1. The number of hydrogen-bond acceptors (Lipinski definition) is 5. The van der Waals surface area contributed by atoms with Crippen molar-refractivity contribution in [2.75, 3.05) is 5.32 Å². The van der Waals surface area contributed by atoms with Crippen LogP contribution in [0.2, 0.25) is 0 Å². The second-order valence-corrected chi connectivity index (χ2v) is 8.78. The van der Waals surface area contributed by atoms with Gasteiger partial charge in [-0.15, -0.1) is 0 Å². The molecule has 1 amide bonds. The number of amides is 1. The van der Waals surface area contributed by atoms with Crippen molar-refractivity contribution in [1.29, 1.82) is 5.26 Å². The summed E-state index contributed by atoms with van der Waals surface area (Å²) in [5.41, 5.74) is -1.20. The number of para-hydroxylation sites is 3. The molecule has 1 atom stereocenters. The molecule has 4 rings (SSSR count). The van der Waals surface area contributed by atoms with Gasteiger partial charge in [0.05, 0.1) is 38.7 Å². The van der Waals surface area contributed by atoms with E-state index in [1.54, 1.807) is 42.5 Å². The highest BCUT2D eigenvalue weighted by Crippen LogP contribution is 2.35. The van der Waals surface area contributed by atoms with Crippen molar-refractivity contribution in [1.82, 2.24) is 9.55 Å². The van der Waals surface area contributed by atoms with Gasteiger partial charge in [-0.1, -0.05) is 48.2 Å². The molecule has 0 spiro atoms. The van der Waals surface area contributed by atoms with Crippen LogP contribution in [0.3, 0.4) is 0 Å². The lowest BCUT2D eigenvalue weighted by Gasteiger charge is -2.19. The number of aromatic nitrogens is 2. The van der Waals surface area contributed by atoms with Crippen molar-refractivity contribution in [3.8, 4) is 11.8 Å². The van der Waals surface area contributed by atoms with E-state index in [4.69, 9.17) is 0 Å². The second-order valence-electron chi connectivity index (χ2n) is 7.47. The van der Waals surface area contributed by atoms with Crippen LogP contribution < -0.4 is 10.9 Å². The number of nitrogens with zero attached hydrogens (tertiary/aromatic N) is 3. The van der Waals surface area contributed by atoms with Gasteiger partial charge in [0.15, 0.2) is 5.16 Å². The molecule has 35 heavy (non-hydrogen) atoms. The summed E-state index contributed by atoms with van der Waals surface area (Å²) in [5.74, 6) is -0.504. The minimum Gasteiger partial charge on any atom is -0.324 e. The minimum atomic E-state index is -4.71. The molecule has 1 aromatic heterocycles. The lowest BCUT2D eigenvalue weighted by molar-refractivity contribution is -0.137. The van der Waals surface area contributed by atoms with E-state index in [9.17, 15) is 28.0 Å². The molecular weight excluding hydrogens is 477 g/mol. The van der Waals surface area contributed by atoms with Gasteiger partial charge in [0, 0.05) is 0 Å². The number of rotatable bonds is 5. The predicted molar refractivity (Wildman–Crippen MR) is 127 cm³/mol. The van der Waals surface area contributed by atoms with Gasteiger partial charge in [-0.3, -0.25) is 14.2 Å². The van der Waals surface area contributed by atoms with Gasteiger partial charge in [0.2, 0.25) is 5.91 Å². The standard InChI is InChI=1S/C25H17F3N4O2S/c1-15(22(33)30-19-11-5-2-8-16(19)14-29)35-24-31-20-12-6-3-9-17(20)23(34)32(24)21-13-7-4-10-18(21)25(26,27)28/h2-13,15H,1H3,(H,30,33)/t15-/m0/s1. The van der Waals surface area contributed by atoms with Crippen molar-refractivity contribution in [2.45, 2.75) is 23.5 Å². The van der Waals surface area contributed by atoms with Crippen LogP contribution in [0.1, 0.15) is 18.1 Å². The van der Waals surface area contributed by atoms with Gasteiger partial charge in [0.25, 0.3) is 5.56 Å². The number of carbonyl (C=O) groups is 1. The second kappa shape index (κ2) is 9.64. The number of anilines is 1. The maximum atomic E-state index is 13.8. The van der Waals surface area contributed by atoms with Gasteiger partial charge in [-0.2, -0.15) is 18.4 Å². The van der Waals surface area contributed by atoms with Crippen LogP contribution in [0.15, 0.2) is 82.7 Å². The van der Waals surface area contributed by atoms with Gasteiger partial charge in [-0.05, 0) is 43.3 Å². The topological polar surface area (TPSA) is 87.8 Å². The molecule has 4 aromatic rings. The fraction of sp³-hybridized carbons (Fsp3) is 0.120. The number of carbonyl (C=O) groups excluding carboxylic acids is 1. The molecule has 0 aliphatic heterocycles. The maximum absolute atomic E-state index is 13.8. The Morgan fingerprint density at radius 1 is 1.06 bits per heavy atom. The zero-order valence-electron chi connectivity index (χ0n) is 18.2. The Labute approximate surface area is 202 Å². The molecular formula is C25H17F3N4O2S. The van der Waals surface area contributed by atoms with Gasteiger partial charge in [0.1, 0.15) is 6.07 Å². The van der Waals surface area contributed by atoms with E-state index in [2.05, 4.69) is 10.3 Å². The number of fused-ring (bicyclic) bond motifs is 1. The molecule has 0 unspecified atom stereocenters. The molecule has 176 valence electrons. The van der Waals surface area contributed by atoms with Crippen LogP contribution in [-0.4, -0.2) is 20.7 Å². The average Bonchev–Trinajstić information content (AvgIpc) is 2.84. The summed E-state index contributed by atoms with van der Waals surface area (Å²) in [4.78, 5) is 30.7. The molecule has 10 heteroatoms. The minimum absolute atomic E-state index is 0.0679. The Kier molecular flexibility index (Phi) is 6.62. The van der Waals surface area contributed by atoms with Crippen LogP contribution in [0.25, 0.3) is 16.6 Å². The van der Waals surface area contributed by atoms with E-state index in [0.717, 1.165) is 22.4 Å². The zero-order chi connectivity index (χ0) is 25.2. The van der Waals surface area contributed by atoms with E-state index in [-0.39, 0.29) is 21.8 Å². The van der Waals surface area contributed by atoms with E-state index in [1.807, 2.05) is 6.07 Å². The number of hydrogen-bond donors (Lipinski definition) is 1. The first-order chi connectivity index (χ1) is 16.7. The molecule has 6 nitrogen and oxygen atoms in total.